The lowest BCUT2D eigenvalue weighted by atomic mass is 9.87. The highest BCUT2D eigenvalue weighted by atomic mass is 16.5. The maximum Gasteiger partial charge on any atom is 0.0988 e. The van der Waals surface area contributed by atoms with Crippen molar-refractivity contribution >= 4 is 0 Å². The van der Waals surface area contributed by atoms with Crippen molar-refractivity contribution in [3.8, 4) is 6.07 Å². The lowest BCUT2D eigenvalue weighted by Gasteiger charge is -2.36. The summed E-state index contributed by atoms with van der Waals surface area (Å²) in [6.45, 7) is 13.9. The van der Waals surface area contributed by atoms with Crippen LogP contribution < -0.4 is 0 Å². The van der Waals surface area contributed by atoms with Gasteiger partial charge in [-0.2, -0.15) is 5.26 Å². The van der Waals surface area contributed by atoms with Crippen molar-refractivity contribution < 1.29 is 9.47 Å². The Morgan fingerprint density at radius 3 is 2.65 bits per heavy atom. The molecule has 0 unspecified atom stereocenters. The van der Waals surface area contributed by atoms with E-state index in [4.69, 9.17) is 14.7 Å². The predicted molar refractivity (Wildman–Crippen MR) is 80.1 cm³/mol. The fourth-order valence-corrected chi connectivity index (χ4v) is 2.15. The maximum absolute atomic E-state index is 9.15. The van der Waals surface area contributed by atoms with Crippen molar-refractivity contribution in [2.45, 2.75) is 25.9 Å². The molecule has 1 aliphatic rings. The molecule has 0 radical (unpaired) electrons. The fraction of sp³-hybridized carbons (Fsp3) is 0.562. The van der Waals surface area contributed by atoms with Crippen LogP contribution in [0, 0.1) is 11.3 Å². The minimum Gasteiger partial charge on any atom is -0.383 e. The Labute approximate surface area is 122 Å². The molecule has 4 heteroatoms. The summed E-state index contributed by atoms with van der Waals surface area (Å²) in [5.41, 5.74) is 3.01. The first-order valence-corrected chi connectivity index (χ1v) is 6.67. The molecule has 0 bridgehead atoms. The smallest absolute Gasteiger partial charge is 0.0988 e. The molecule has 1 heterocycles. The molecular weight excluding hydrogens is 252 g/mol. The van der Waals surface area contributed by atoms with E-state index >= 15 is 0 Å². The summed E-state index contributed by atoms with van der Waals surface area (Å²) < 4.78 is 10.9. The molecule has 0 aliphatic carbocycles. The van der Waals surface area contributed by atoms with Crippen molar-refractivity contribution in [1.29, 1.82) is 5.26 Å². The van der Waals surface area contributed by atoms with Crippen LogP contribution in [0.1, 0.15) is 20.3 Å². The maximum atomic E-state index is 9.15. The SMILES string of the molecule is C=C(C#N)C1=C(C(=C)N(C)CCOC)COC(C)(C)C1. The second-order valence-corrected chi connectivity index (χ2v) is 5.63. The normalized spacial score (nSPS) is 17.6. The molecule has 4 nitrogen and oxygen atoms in total. The van der Waals surface area contributed by atoms with Gasteiger partial charge in [0.25, 0.3) is 0 Å². The Hall–Kier alpha value is -1.57. The largest absolute Gasteiger partial charge is 0.383 e. The standard InChI is InChI=1S/C16H24N2O2/c1-12(10-17)14-9-16(3,4)20-11-15(14)13(2)18(5)7-8-19-6/h1-2,7-9,11H2,3-6H3. The quantitative estimate of drug-likeness (QED) is 0.700. The number of nitrogens with zero attached hydrogens (tertiary/aromatic N) is 2. The molecule has 0 saturated heterocycles. The fourth-order valence-electron chi connectivity index (χ4n) is 2.15. The summed E-state index contributed by atoms with van der Waals surface area (Å²) in [4.78, 5) is 2.02. The van der Waals surface area contributed by atoms with Gasteiger partial charge in [0.05, 0.1) is 24.9 Å². The van der Waals surface area contributed by atoms with Crippen LogP contribution in [-0.4, -0.2) is 44.4 Å². The van der Waals surface area contributed by atoms with Crippen LogP contribution in [0.25, 0.3) is 0 Å². The lowest BCUT2D eigenvalue weighted by Crippen LogP contribution is -2.34. The molecule has 0 aromatic rings. The second-order valence-electron chi connectivity index (χ2n) is 5.63. The summed E-state index contributed by atoms with van der Waals surface area (Å²) in [5.74, 6) is 0. The minimum atomic E-state index is -0.274. The molecule has 0 amide bonds. The van der Waals surface area contributed by atoms with Crippen LogP contribution in [-0.2, 0) is 9.47 Å². The summed E-state index contributed by atoms with van der Waals surface area (Å²) in [7, 11) is 3.63. The summed E-state index contributed by atoms with van der Waals surface area (Å²) in [5, 5.41) is 9.15. The van der Waals surface area contributed by atoms with Crippen molar-refractivity contribution in [2.75, 3.05) is 33.9 Å². The van der Waals surface area contributed by atoms with E-state index in [-0.39, 0.29) is 5.60 Å². The van der Waals surface area contributed by atoms with Crippen LogP contribution in [0.3, 0.4) is 0 Å². The third-order valence-corrected chi connectivity index (χ3v) is 3.51. The first-order chi connectivity index (χ1) is 9.32. The number of hydrogen-bond donors (Lipinski definition) is 0. The van der Waals surface area contributed by atoms with Gasteiger partial charge in [0.1, 0.15) is 0 Å². The van der Waals surface area contributed by atoms with Crippen molar-refractivity contribution in [3.05, 3.63) is 35.6 Å². The minimum absolute atomic E-state index is 0.274. The van der Waals surface area contributed by atoms with E-state index in [9.17, 15) is 0 Å². The van der Waals surface area contributed by atoms with Gasteiger partial charge in [0, 0.05) is 44.0 Å². The first kappa shape index (κ1) is 16.5. The zero-order valence-corrected chi connectivity index (χ0v) is 13.0. The topological polar surface area (TPSA) is 45.5 Å². The van der Waals surface area contributed by atoms with E-state index in [0.717, 1.165) is 23.4 Å². The Morgan fingerprint density at radius 1 is 1.45 bits per heavy atom. The van der Waals surface area contributed by atoms with E-state index in [1.807, 2.05) is 25.8 Å². The van der Waals surface area contributed by atoms with Crippen LogP contribution in [0.4, 0.5) is 0 Å². The third-order valence-electron chi connectivity index (χ3n) is 3.51. The highest BCUT2D eigenvalue weighted by Gasteiger charge is 2.30. The van der Waals surface area contributed by atoms with Gasteiger partial charge in [-0.15, -0.1) is 0 Å². The van der Waals surface area contributed by atoms with Gasteiger partial charge in [-0.3, -0.25) is 0 Å². The van der Waals surface area contributed by atoms with E-state index in [1.54, 1.807) is 7.11 Å². The van der Waals surface area contributed by atoms with E-state index < -0.39 is 0 Å². The Bertz CT molecular complexity index is 469. The van der Waals surface area contributed by atoms with Gasteiger partial charge in [0.2, 0.25) is 0 Å². The third kappa shape index (κ3) is 3.96. The van der Waals surface area contributed by atoms with Gasteiger partial charge in [-0.1, -0.05) is 13.2 Å². The molecule has 0 spiro atoms. The highest BCUT2D eigenvalue weighted by Crippen LogP contribution is 2.35. The average molecular weight is 276 g/mol. The molecule has 20 heavy (non-hydrogen) atoms. The molecule has 1 aliphatic heterocycles. The number of hydrogen-bond acceptors (Lipinski definition) is 4. The highest BCUT2D eigenvalue weighted by molar-refractivity contribution is 5.50. The molecule has 1 rings (SSSR count). The van der Waals surface area contributed by atoms with Gasteiger partial charge < -0.3 is 14.4 Å². The number of likely N-dealkylation sites (N-methyl/N-ethyl adjacent to an activating group) is 1. The zero-order chi connectivity index (χ0) is 15.3. The summed E-state index contributed by atoms with van der Waals surface area (Å²) >= 11 is 0. The monoisotopic (exact) mass is 276 g/mol. The molecular formula is C16H24N2O2. The molecule has 0 aromatic carbocycles. The number of rotatable bonds is 6. The zero-order valence-electron chi connectivity index (χ0n) is 13.0. The van der Waals surface area contributed by atoms with Crippen molar-refractivity contribution in [1.82, 2.24) is 4.90 Å². The molecule has 110 valence electrons. The Balaban J connectivity index is 3.03. The summed E-state index contributed by atoms with van der Waals surface area (Å²) in [6, 6.07) is 2.15. The molecule has 0 atom stereocenters. The molecule has 0 fully saturated rings. The van der Waals surface area contributed by atoms with Crippen LogP contribution >= 0.6 is 0 Å². The van der Waals surface area contributed by atoms with Gasteiger partial charge in [-0.25, -0.2) is 0 Å². The van der Waals surface area contributed by atoms with Crippen LogP contribution in [0.2, 0.25) is 0 Å². The average Bonchev–Trinajstić information content (AvgIpc) is 2.42. The molecule has 0 N–H and O–H groups in total. The van der Waals surface area contributed by atoms with Gasteiger partial charge in [-0.05, 0) is 19.4 Å². The summed E-state index contributed by atoms with van der Waals surface area (Å²) in [6.07, 6.45) is 0.672. The second kappa shape index (κ2) is 6.74. The van der Waals surface area contributed by atoms with E-state index in [2.05, 4.69) is 19.2 Å². The van der Waals surface area contributed by atoms with Crippen LogP contribution in [0.15, 0.2) is 35.6 Å². The Kier molecular flexibility index (Phi) is 5.55. The molecule has 0 saturated carbocycles. The van der Waals surface area contributed by atoms with Crippen molar-refractivity contribution in [3.63, 3.8) is 0 Å². The van der Waals surface area contributed by atoms with Crippen molar-refractivity contribution in [2.24, 2.45) is 0 Å². The Morgan fingerprint density at radius 2 is 2.10 bits per heavy atom. The number of ether oxygens (including phenoxy) is 2. The van der Waals surface area contributed by atoms with E-state index in [0.29, 0.717) is 25.2 Å². The van der Waals surface area contributed by atoms with Gasteiger partial charge >= 0.3 is 0 Å². The number of nitriles is 1. The first-order valence-electron chi connectivity index (χ1n) is 6.67. The van der Waals surface area contributed by atoms with Crippen LogP contribution in [0.5, 0.6) is 0 Å². The predicted octanol–water partition coefficient (Wildman–Crippen LogP) is 2.65. The molecule has 0 aromatic heterocycles. The lowest BCUT2D eigenvalue weighted by molar-refractivity contribution is -0.0138. The van der Waals surface area contributed by atoms with Gasteiger partial charge in [0.15, 0.2) is 0 Å². The van der Waals surface area contributed by atoms with E-state index in [1.165, 1.54) is 0 Å². The number of allylic oxidation sites excluding steroid dienone is 1. The number of methoxy groups -OCH3 is 1.